The minimum absolute atomic E-state index is 0.572. The van der Waals surface area contributed by atoms with Crippen LogP contribution < -0.4 is 5.32 Å². The third-order valence-electron chi connectivity index (χ3n) is 5.42. The van der Waals surface area contributed by atoms with Gasteiger partial charge in [-0.05, 0) is 46.8 Å². The molecule has 3 aromatic carbocycles. The highest BCUT2D eigenvalue weighted by Crippen LogP contribution is 2.35. The zero-order chi connectivity index (χ0) is 21.8. The van der Waals surface area contributed by atoms with Gasteiger partial charge in [-0.2, -0.15) is 5.26 Å². The second kappa shape index (κ2) is 8.71. The molecule has 0 amide bonds. The molecule has 0 radical (unpaired) electrons. The predicted molar refractivity (Wildman–Crippen MR) is 129 cm³/mol. The van der Waals surface area contributed by atoms with E-state index < -0.39 is 0 Å². The number of rotatable bonds is 5. The van der Waals surface area contributed by atoms with Crippen molar-refractivity contribution in [2.75, 3.05) is 5.32 Å². The molecular formula is C28H20N4. The van der Waals surface area contributed by atoms with Crippen LogP contribution in [0.15, 0.2) is 103 Å². The van der Waals surface area contributed by atoms with Crippen molar-refractivity contribution in [2.24, 2.45) is 0 Å². The Morgan fingerprint density at radius 3 is 2.34 bits per heavy atom. The minimum Gasteiger partial charge on any atom is -0.364 e. The summed E-state index contributed by atoms with van der Waals surface area (Å²) in [5, 5.41) is 14.8. The van der Waals surface area contributed by atoms with E-state index >= 15 is 0 Å². The smallest absolute Gasteiger partial charge is 0.135 e. The third-order valence-corrected chi connectivity index (χ3v) is 5.42. The lowest BCUT2D eigenvalue weighted by Crippen LogP contribution is -2.05. The molecule has 4 nitrogen and oxygen atoms in total. The highest BCUT2D eigenvalue weighted by atomic mass is 15.0. The van der Waals surface area contributed by atoms with Crippen LogP contribution in [0.3, 0.4) is 0 Å². The van der Waals surface area contributed by atoms with Crippen molar-refractivity contribution < 1.29 is 0 Å². The lowest BCUT2D eigenvalue weighted by molar-refractivity contribution is 1.03. The van der Waals surface area contributed by atoms with Crippen molar-refractivity contribution in [3.63, 3.8) is 0 Å². The van der Waals surface area contributed by atoms with E-state index in [-0.39, 0.29) is 0 Å². The highest BCUT2D eigenvalue weighted by Gasteiger charge is 2.13. The molecule has 4 heteroatoms. The van der Waals surface area contributed by atoms with E-state index in [1.54, 1.807) is 6.20 Å². The van der Waals surface area contributed by atoms with Crippen molar-refractivity contribution in [3.05, 3.63) is 115 Å². The van der Waals surface area contributed by atoms with Crippen LogP contribution in [0.2, 0.25) is 0 Å². The molecule has 2 heterocycles. The average molecular weight is 412 g/mol. The van der Waals surface area contributed by atoms with E-state index in [0.29, 0.717) is 12.1 Å². The molecule has 5 rings (SSSR count). The molecule has 0 atom stereocenters. The van der Waals surface area contributed by atoms with Crippen LogP contribution >= 0.6 is 0 Å². The molecule has 0 bridgehead atoms. The van der Waals surface area contributed by atoms with Crippen molar-refractivity contribution in [2.45, 2.75) is 6.54 Å². The van der Waals surface area contributed by atoms with Gasteiger partial charge >= 0.3 is 0 Å². The molecule has 0 aliphatic heterocycles. The van der Waals surface area contributed by atoms with Crippen molar-refractivity contribution >= 4 is 16.6 Å². The summed E-state index contributed by atoms with van der Waals surface area (Å²) in [7, 11) is 0. The van der Waals surface area contributed by atoms with Crippen LogP contribution in [-0.2, 0) is 6.54 Å². The molecule has 152 valence electrons. The maximum atomic E-state index is 9.12. The second-order valence-electron chi connectivity index (χ2n) is 7.49. The number of hydrogen-bond donors (Lipinski definition) is 1. The Balaban J connectivity index is 1.67. The first kappa shape index (κ1) is 19.5. The van der Waals surface area contributed by atoms with Gasteiger partial charge in [0.25, 0.3) is 0 Å². The van der Waals surface area contributed by atoms with Gasteiger partial charge in [0, 0.05) is 17.1 Å². The Morgan fingerprint density at radius 1 is 0.781 bits per heavy atom. The van der Waals surface area contributed by atoms with E-state index in [1.807, 2.05) is 60.7 Å². The molecule has 0 saturated heterocycles. The van der Waals surface area contributed by atoms with Crippen LogP contribution in [0.25, 0.3) is 33.2 Å². The average Bonchev–Trinajstić information content (AvgIpc) is 2.88. The maximum absolute atomic E-state index is 9.12. The van der Waals surface area contributed by atoms with Crippen LogP contribution in [0.4, 0.5) is 5.82 Å². The largest absolute Gasteiger partial charge is 0.364 e. The number of aromatic nitrogens is 2. The molecule has 2 aromatic heterocycles. The molecule has 0 fully saturated rings. The minimum atomic E-state index is 0.572. The van der Waals surface area contributed by atoms with E-state index in [2.05, 4.69) is 52.8 Å². The second-order valence-corrected chi connectivity index (χ2v) is 7.49. The van der Waals surface area contributed by atoms with E-state index in [1.165, 1.54) is 0 Å². The van der Waals surface area contributed by atoms with Gasteiger partial charge in [-0.15, -0.1) is 0 Å². The predicted octanol–water partition coefficient (Wildman–Crippen LogP) is 6.45. The van der Waals surface area contributed by atoms with E-state index in [9.17, 15) is 0 Å². The van der Waals surface area contributed by atoms with Crippen LogP contribution in [0.5, 0.6) is 0 Å². The fourth-order valence-electron chi connectivity index (χ4n) is 3.84. The maximum Gasteiger partial charge on any atom is 0.135 e. The zero-order valence-electron chi connectivity index (χ0n) is 17.4. The monoisotopic (exact) mass is 412 g/mol. The Kier molecular flexibility index (Phi) is 5.30. The summed E-state index contributed by atoms with van der Waals surface area (Å²) in [5.41, 5.74) is 5.68. The first-order chi connectivity index (χ1) is 15.8. The van der Waals surface area contributed by atoms with Gasteiger partial charge in [0.05, 0.1) is 29.6 Å². The lowest BCUT2D eigenvalue weighted by atomic mass is 9.97. The van der Waals surface area contributed by atoms with Gasteiger partial charge in [-0.25, -0.2) is 4.98 Å². The fraction of sp³-hybridized carbons (Fsp3) is 0.0357. The summed E-state index contributed by atoms with van der Waals surface area (Å²) >= 11 is 0. The highest BCUT2D eigenvalue weighted by molar-refractivity contribution is 6.05. The fourth-order valence-corrected chi connectivity index (χ4v) is 3.84. The molecule has 5 aromatic rings. The van der Waals surface area contributed by atoms with Gasteiger partial charge in [0.2, 0.25) is 0 Å². The van der Waals surface area contributed by atoms with Crippen LogP contribution in [0.1, 0.15) is 11.3 Å². The Labute approximate surface area is 186 Å². The molecule has 0 unspecified atom stereocenters. The summed E-state index contributed by atoms with van der Waals surface area (Å²) in [4.78, 5) is 9.44. The van der Waals surface area contributed by atoms with Crippen LogP contribution in [0, 0.1) is 11.3 Å². The zero-order valence-corrected chi connectivity index (χ0v) is 17.4. The van der Waals surface area contributed by atoms with Gasteiger partial charge in [0.1, 0.15) is 5.82 Å². The van der Waals surface area contributed by atoms with Crippen molar-refractivity contribution in [1.29, 1.82) is 5.26 Å². The van der Waals surface area contributed by atoms with Crippen LogP contribution in [-0.4, -0.2) is 9.97 Å². The van der Waals surface area contributed by atoms with Gasteiger partial charge < -0.3 is 5.32 Å². The Hall–Kier alpha value is -4.49. The van der Waals surface area contributed by atoms with E-state index in [4.69, 9.17) is 10.2 Å². The normalized spacial score (nSPS) is 10.6. The third kappa shape index (κ3) is 3.92. The number of anilines is 1. The summed E-state index contributed by atoms with van der Waals surface area (Å²) < 4.78 is 0. The standard InChI is InChI=1S/C28H20N4/c29-18-20-12-14-22(15-13-20)26-17-23-9-6-11-25(21-7-2-1-3-8-21)27(23)28(32-26)31-19-24-10-4-5-16-30-24/h1-17H,19H2,(H,31,32). The number of nitriles is 1. The SMILES string of the molecule is N#Cc1ccc(-c2cc3cccc(-c4ccccc4)c3c(NCc3ccccn3)n2)cc1. The first-order valence-corrected chi connectivity index (χ1v) is 10.5. The molecule has 0 spiro atoms. The van der Waals surface area contributed by atoms with Gasteiger partial charge in [-0.3, -0.25) is 4.98 Å². The van der Waals surface area contributed by atoms with Crippen molar-refractivity contribution in [1.82, 2.24) is 9.97 Å². The molecular weight excluding hydrogens is 392 g/mol. The first-order valence-electron chi connectivity index (χ1n) is 10.5. The van der Waals surface area contributed by atoms with Gasteiger partial charge in [-0.1, -0.05) is 66.7 Å². The summed E-state index contributed by atoms with van der Waals surface area (Å²) in [6, 6.07) is 34.4. The Morgan fingerprint density at radius 2 is 1.59 bits per heavy atom. The molecule has 1 N–H and O–H groups in total. The van der Waals surface area contributed by atoms with Gasteiger partial charge in [0.15, 0.2) is 0 Å². The molecule has 0 aliphatic carbocycles. The Bertz CT molecular complexity index is 1400. The summed E-state index contributed by atoms with van der Waals surface area (Å²) in [6.07, 6.45) is 1.80. The molecule has 32 heavy (non-hydrogen) atoms. The lowest BCUT2D eigenvalue weighted by Gasteiger charge is -2.15. The quantitative estimate of drug-likeness (QED) is 0.360. The summed E-state index contributed by atoms with van der Waals surface area (Å²) in [6.45, 7) is 0.572. The number of nitrogens with zero attached hydrogens (tertiary/aromatic N) is 3. The summed E-state index contributed by atoms with van der Waals surface area (Å²) in [5.74, 6) is 0.812. The van der Waals surface area contributed by atoms with E-state index in [0.717, 1.165) is 44.7 Å². The van der Waals surface area contributed by atoms with Crippen molar-refractivity contribution in [3.8, 4) is 28.5 Å². The topological polar surface area (TPSA) is 61.6 Å². The number of nitrogens with one attached hydrogen (secondary N) is 1. The number of benzene rings is 3. The molecule has 0 saturated carbocycles. The number of pyridine rings is 2. The number of fused-ring (bicyclic) bond motifs is 1. The number of hydrogen-bond acceptors (Lipinski definition) is 4. The molecule has 0 aliphatic rings.